The van der Waals surface area contributed by atoms with Crippen LogP contribution < -0.4 is 0 Å². The summed E-state index contributed by atoms with van der Waals surface area (Å²) in [4.78, 5) is 11.0. The fraction of sp³-hybridized carbons (Fsp3) is 0.727. The average Bonchev–Trinajstić information content (AvgIpc) is 2.10. The van der Waals surface area contributed by atoms with Crippen LogP contribution in [0.15, 0.2) is 12.2 Å². The molecule has 0 saturated carbocycles. The predicted octanol–water partition coefficient (Wildman–Crippen LogP) is 2.93. The van der Waals surface area contributed by atoms with Crippen LogP contribution in [0.5, 0.6) is 0 Å². The maximum Gasteiger partial charge on any atom is 0.308 e. The van der Waals surface area contributed by atoms with E-state index in [1.165, 1.54) is 6.42 Å². The number of esters is 1. The Labute approximate surface area is 81.0 Å². The smallest absolute Gasteiger partial charge is 0.308 e. The first kappa shape index (κ1) is 12.2. The normalized spacial score (nSPS) is 11.1. The van der Waals surface area contributed by atoms with Crippen LogP contribution in [0.3, 0.4) is 0 Å². The van der Waals surface area contributed by atoms with Crippen LogP contribution in [0.1, 0.15) is 40.0 Å². The van der Waals surface area contributed by atoms with Gasteiger partial charge >= 0.3 is 5.97 Å². The lowest BCUT2D eigenvalue weighted by Gasteiger charge is -2.04. The molecule has 0 aromatic heterocycles. The maximum absolute atomic E-state index is 11.0. The third-order valence-electron chi connectivity index (χ3n) is 1.62. The summed E-state index contributed by atoms with van der Waals surface area (Å²) in [6.45, 7) is 6.34. The van der Waals surface area contributed by atoms with Crippen LogP contribution in [0.25, 0.3) is 0 Å². The highest BCUT2D eigenvalue weighted by Crippen LogP contribution is 1.97. The number of carbonyl (C=O) groups is 1. The molecule has 2 nitrogen and oxygen atoms in total. The molecule has 0 bridgehead atoms. The van der Waals surface area contributed by atoms with Gasteiger partial charge in [-0.2, -0.15) is 0 Å². The van der Waals surface area contributed by atoms with Crippen LogP contribution in [0.4, 0.5) is 0 Å². The molecule has 0 atom stereocenters. The fourth-order valence-corrected chi connectivity index (χ4v) is 0.797. The molecule has 0 aromatic rings. The van der Waals surface area contributed by atoms with Crippen molar-refractivity contribution in [3.8, 4) is 0 Å². The molecule has 0 heterocycles. The number of allylic oxidation sites excluding steroid dienone is 1. The number of rotatable bonds is 6. The number of carbonyl (C=O) groups excluding carboxylic acids is 1. The molecule has 2 heteroatoms. The summed E-state index contributed by atoms with van der Waals surface area (Å²) in [5, 5.41) is 0. The molecule has 0 unspecified atom stereocenters. The minimum Gasteiger partial charge on any atom is -0.465 e. The largest absolute Gasteiger partial charge is 0.465 e. The standard InChI is InChI=1S/C11H20O2/c1-4-5-6-7-8-9-13-11(12)10(2)3/h6-7,10H,4-5,8-9H2,1-3H3. The minimum atomic E-state index is -0.108. The van der Waals surface area contributed by atoms with Crippen LogP contribution in [0.2, 0.25) is 0 Å². The van der Waals surface area contributed by atoms with Gasteiger partial charge in [-0.05, 0) is 12.8 Å². The van der Waals surface area contributed by atoms with E-state index in [2.05, 4.69) is 19.1 Å². The van der Waals surface area contributed by atoms with Gasteiger partial charge in [-0.15, -0.1) is 0 Å². The highest BCUT2D eigenvalue weighted by molar-refractivity contribution is 5.71. The van der Waals surface area contributed by atoms with Crippen LogP contribution in [-0.2, 0) is 9.53 Å². The second-order valence-electron chi connectivity index (χ2n) is 3.37. The highest BCUT2D eigenvalue weighted by atomic mass is 16.5. The first-order valence-corrected chi connectivity index (χ1v) is 5.00. The first-order valence-electron chi connectivity index (χ1n) is 5.00. The van der Waals surface area contributed by atoms with Crippen LogP contribution >= 0.6 is 0 Å². The molecule has 76 valence electrons. The van der Waals surface area contributed by atoms with Gasteiger partial charge in [0.2, 0.25) is 0 Å². The Hall–Kier alpha value is -0.790. The Balaban J connectivity index is 3.30. The van der Waals surface area contributed by atoms with E-state index >= 15 is 0 Å². The quantitative estimate of drug-likeness (QED) is 0.360. The van der Waals surface area contributed by atoms with Crippen molar-refractivity contribution in [2.45, 2.75) is 40.0 Å². The van der Waals surface area contributed by atoms with Crippen LogP contribution in [0, 0.1) is 5.92 Å². The Morgan fingerprint density at radius 3 is 2.46 bits per heavy atom. The predicted molar refractivity (Wildman–Crippen MR) is 54.5 cm³/mol. The third-order valence-corrected chi connectivity index (χ3v) is 1.62. The zero-order valence-electron chi connectivity index (χ0n) is 8.88. The van der Waals surface area contributed by atoms with Crippen LogP contribution in [-0.4, -0.2) is 12.6 Å². The van der Waals surface area contributed by atoms with Crippen molar-refractivity contribution in [1.82, 2.24) is 0 Å². The lowest BCUT2D eigenvalue weighted by atomic mass is 10.2. The van der Waals surface area contributed by atoms with E-state index in [0.717, 1.165) is 12.8 Å². The fourth-order valence-electron chi connectivity index (χ4n) is 0.797. The second kappa shape index (κ2) is 7.84. The molecule has 0 aliphatic carbocycles. The van der Waals surface area contributed by atoms with E-state index in [0.29, 0.717) is 6.61 Å². The van der Waals surface area contributed by atoms with E-state index in [4.69, 9.17) is 4.74 Å². The summed E-state index contributed by atoms with van der Waals surface area (Å²) in [5.74, 6) is -0.122. The first-order chi connectivity index (χ1) is 6.18. The summed E-state index contributed by atoms with van der Waals surface area (Å²) in [5.41, 5.74) is 0. The monoisotopic (exact) mass is 184 g/mol. The molecule has 0 saturated heterocycles. The summed E-state index contributed by atoms with van der Waals surface area (Å²) >= 11 is 0. The SMILES string of the molecule is CCCC=CCCOC(=O)C(C)C. The molecule has 0 fully saturated rings. The Kier molecular flexibility index (Phi) is 7.36. The number of hydrogen-bond acceptors (Lipinski definition) is 2. The summed E-state index contributed by atoms with van der Waals surface area (Å²) < 4.78 is 4.99. The Morgan fingerprint density at radius 1 is 1.31 bits per heavy atom. The zero-order valence-corrected chi connectivity index (χ0v) is 8.88. The molecule has 0 aromatic carbocycles. The summed E-state index contributed by atoms with van der Waals surface area (Å²) in [7, 11) is 0. The molecule has 0 spiro atoms. The van der Waals surface area contributed by atoms with Gasteiger partial charge < -0.3 is 4.74 Å². The Morgan fingerprint density at radius 2 is 1.92 bits per heavy atom. The van der Waals surface area contributed by atoms with Crippen molar-refractivity contribution in [2.75, 3.05) is 6.61 Å². The van der Waals surface area contributed by atoms with Crippen molar-refractivity contribution in [3.63, 3.8) is 0 Å². The number of unbranched alkanes of at least 4 members (excludes halogenated alkanes) is 1. The molecule has 0 aliphatic heterocycles. The highest BCUT2D eigenvalue weighted by Gasteiger charge is 2.06. The second-order valence-corrected chi connectivity index (χ2v) is 3.37. The van der Waals surface area contributed by atoms with Gasteiger partial charge in [-0.1, -0.05) is 39.3 Å². The van der Waals surface area contributed by atoms with Crippen molar-refractivity contribution < 1.29 is 9.53 Å². The zero-order chi connectivity index (χ0) is 10.1. The van der Waals surface area contributed by atoms with Gasteiger partial charge in [0.15, 0.2) is 0 Å². The maximum atomic E-state index is 11.0. The van der Waals surface area contributed by atoms with E-state index in [1.54, 1.807) is 0 Å². The van der Waals surface area contributed by atoms with Gasteiger partial charge in [-0.25, -0.2) is 0 Å². The van der Waals surface area contributed by atoms with E-state index < -0.39 is 0 Å². The molecular formula is C11H20O2. The molecule has 0 aliphatic rings. The van der Waals surface area contributed by atoms with Crippen molar-refractivity contribution in [2.24, 2.45) is 5.92 Å². The van der Waals surface area contributed by atoms with Gasteiger partial charge in [0, 0.05) is 0 Å². The lowest BCUT2D eigenvalue weighted by molar-refractivity contribution is -0.147. The molecule has 0 N–H and O–H groups in total. The molecule has 0 rings (SSSR count). The lowest BCUT2D eigenvalue weighted by Crippen LogP contribution is -2.11. The van der Waals surface area contributed by atoms with Crippen molar-refractivity contribution in [1.29, 1.82) is 0 Å². The summed E-state index contributed by atoms with van der Waals surface area (Å²) in [6, 6.07) is 0. The van der Waals surface area contributed by atoms with E-state index in [-0.39, 0.29) is 11.9 Å². The molecule has 0 amide bonds. The minimum absolute atomic E-state index is 0.0142. The molecular weight excluding hydrogens is 164 g/mol. The van der Waals surface area contributed by atoms with Gasteiger partial charge in [0.25, 0.3) is 0 Å². The third kappa shape index (κ3) is 7.57. The van der Waals surface area contributed by atoms with Crippen molar-refractivity contribution in [3.05, 3.63) is 12.2 Å². The van der Waals surface area contributed by atoms with Gasteiger partial charge in [0.05, 0.1) is 12.5 Å². The van der Waals surface area contributed by atoms with Gasteiger partial charge in [0.1, 0.15) is 0 Å². The number of hydrogen-bond donors (Lipinski definition) is 0. The molecule has 13 heavy (non-hydrogen) atoms. The number of ether oxygens (including phenoxy) is 1. The summed E-state index contributed by atoms with van der Waals surface area (Å²) in [6.07, 6.45) is 7.30. The van der Waals surface area contributed by atoms with Gasteiger partial charge in [-0.3, -0.25) is 4.79 Å². The average molecular weight is 184 g/mol. The van der Waals surface area contributed by atoms with Crippen molar-refractivity contribution >= 4 is 5.97 Å². The van der Waals surface area contributed by atoms with E-state index in [9.17, 15) is 4.79 Å². The van der Waals surface area contributed by atoms with E-state index in [1.807, 2.05) is 13.8 Å². The topological polar surface area (TPSA) is 26.3 Å². The molecule has 0 radical (unpaired) electrons. The Bertz CT molecular complexity index is 159.